The normalized spacial score (nSPS) is 13.8. The first kappa shape index (κ1) is 20.0. The first-order chi connectivity index (χ1) is 14.4. The van der Waals surface area contributed by atoms with Crippen LogP contribution < -0.4 is 11.1 Å². The van der Waals surface area contributed by atoms with E-state index in [1.165, 1.54) is 18.2 Å². The van der Waals surface area contributed by atoms with Gasteiger partial charge in [-0.05, 0) is 41.8 Å². The van der Waals surface area contributed by atoms with Crippen molar-refractivity contribution in [2.24, 2.45) is 5.73 Å². The van der Waals surface area contributed by atoms with Crippen molar-refractivity contribution in [1.82, 2.24) is 14.5 Å². The minimum atomic E-state index is -0.611. The van der Waals surface area contributed by atoms with Crippen LogP contribution in [0, 0.1) is 12.7 Å². The second-order valence-corrected chi connectivity index (χ2v) is 7.28. The molecule has 0 unspecified atom stereocenters. The van der Waals surface area contributed by atoms with Crippen molar-refractivity contribution in [1.29, 1.82) is 0 Å². The van der Waals surface area contributed by atoms with E-state index in [2.05, 4.69) is 15.3 Å². The number of nitrogens with zero attached hydrogens (tertiary/aromatic N) is 3. The average Bonchev–Trinajstić information content (AvgIpc) is 3.10. The zero-order chi connectivity index (χ0) is 21.3. The van der Waals surface area contributed by atoms with Gasteiger partial charge in [0, 0.05) is 24.5 Å². The van der Waals surface area contributed by atoms with Crippen molar-refractivity contribution < 1.29 is 19.0 Å². The van der Waals surface area contributed by atoms with Gasteiger partial charge in [0.25, 0.3) is 5.91 Å². The van der Waals surface area contributed by atoms with Crippen molar-refractivity contribution in [3.05, 3.63) is 64.9 Å². The van der Waals surface area contributed by atoms with Crippen LogP contribution >= 0.6 is 0 Å². The number of amides is 1. The molecule has 0 atom stereocenters. The van der Waals surface area contributed by atoms with E-state index < -0.39 is 11.7 Å². The Kier molecular flexibility index (Phi) is 5.47. The van der Waals surface area contributed by atoms with Gasteiger partial charge < -0.3 is 25.5 Å². The van der Waals surface area contributed by atoms with Gasteiger partial charge in [-0.25, -0.2) is 14.4 Å². The van der Waals surface area contributed by atoms with E-state index in [1.807, 2.05) is 6.92 Å². The van der Waals surface area contributed by atoms with E-state index in [1.54, 1.807) is 23.0 Å². The van der Waals surface area contributed by atoms with Crippen molar-refractivity contribution in [2.75, 3.05) is 18.5 Å². The third-order valence-electron chi connectivity index (χ3n) is 5.04. The zero-order valence-electron chi connectivity index (χ0n) is 16.4. The number of halogens is 1. The van der Waals surface area contributed by atoms with Crippen molar-refractivity contribution in [3.63, 3.8) is 0 Å². The molecule has 4 N–H and O–H groups in total. The Morgan fingerprint density at radius 2 is 2.17 bits per heavy atom. The molecule has 1 fully saturated rings. The second-order valence-electron chi connectivity index (χ2n) is 7.28. The molecule has 1 aromatic carbocycles. The first-order valence-electron chi connectivity index (χ1n) is 9.51. The number of nitrogens with two attached hydrogens (primary N) is 1. The van der Waals surface area contributed by atoms with Crippen LogP contribution in [-0.4, -0.2) is 44.8 Å². The topological polar surface area (TPSA) is 115 Å². The molecule has 156 valence electrons. The number of ether oxygens (including phenoxy) is 1. The molecule has 0 spiro atoms. The lowest BCUT2D eigenvalue weighted by atomic mass is 10.1. The number of hydrogen-bond donors (Lipinski definition) is 3. The summed E-state index contributed by atoms with van der Waals surface area (Å²) < 4.78 is 20.5. The lowest BCUT2D eigenvalue weighted by Crippen LogP contribution is -2.40. The van der Waals surface area contributed by atoms with E-state index in [9.17, 15) is 14.3 Å². The van der Waals surface area contributed by atoms with Crippen molar-refractivity contribution >= 4 is 11.9 Å². The maximum Gasteiger partial charge on any atom is 0.265 e. The molecule has 2 aromatic heterocycles. The number of aliphatic hydroxyl groups excluding tert-OH is 1. The molecule has 0 aliphatic carbocycles. The van der Waals surface area contributed by atoms with Gasteiger partial charge in [0.2, 0.25) is 5.95 Å². The van der Waals surface area contributed by atoms with Crippen LogP contribution in [0.25, 0.3) is 11.3 Å². The Morgan fingerprint density at radius 3 is 2.83 bits per heavy atom. The van der Waals surface area contributed by atoms with Gasteiger partial charge in [0.05, 0.1) is 31.6 Å². The zero-order valence-corrected chi connectivity index (χ0v) is 16.4. The Bertz CT molecular complexity index is 1090. The van der Waals surface area contributed by atoms with Gasteiger partial charge in [-0.1, -0.05) is 6.07 Å². The molecule has 3 aromatic rings. The molecule has 0 bridgehead atoms. The number of carbonyl (C=O) groups is 1. The van der Waals surface area contributed by atoms with Gasteiger partial charge in [0.1, 0.15) is 11.5 Å². The van der Waals surface area contributed by atoms with Crippen LogP contribution in [0.5, 0.6) is 0 Å². The number of aromatic nitrogens is 3. The smallest absolute Gasteiger partial charge is 0.265 e. The van der Waals surface area contributed by atoms with Crippen LogP contribution in [0.15, 0.2) is 36.7 Å². The molecule has 3 heterocycles. The number of benzene rings is 1. The van der Waals surface area contributed by atoms with E-state index in [0.717, 1.165) is 5.56 Å². The Morgan fingerprint density at radius 1 is 1.37 bits per heavy atom. The molecule has 1 amide bonds. The molecule has 9 heteroatoms. The van der Waals surface area contributed by atoms with Crippen LogP contribution in [0.3, 0.4) is 0 Å². The van der Waals surface area contributed by atoms with E-state index in [-0.39, 0.29) is 24.9 Å². The molecular formula is C21H22FN5O3. The third kappa shape index (κ3) is 4.03. The molecule has 0 radical (unpaired) electrons. The fourth-order valence-electron chi connectivity index (χ4n) is 3.36. The fourth-order valence-corrected chi connectivity index (χ4v) is 3.36. The maximum atomic E-state index is 13.7. The number of aliphatic hydroxyl groups is 1. The van der Waals surface area contributed by atoms with Crippen LogP contribution in [0.2, 0.25) is 0 Å². The van der Waals surface area contributed by atoms with Crippen molar-refractivity contribution in [2.45, 2.75) is 26.1 Å². The number of hydrogen-bond acceptors (Lipinski definition) is 6. The maximum absolute atomic E-state index is 13.7. The summed E-state index contributed by atoms with van der Waals surface area (Å²) in [6.45, 7) is 3.04. The number of aryl methyl sites for hydroxylation is 1. The third-order valence-corrected chi connectivity index (χ3v) is 5.04. The summed E-state index contributed by atoms with van der Waals surface area (Å²) in [5, 5.41) is 12.8. The molecular weight excluding hydrogens is 389 g/mol. The highest BCUT2D eigenvalue weighted by atomic mass is 19.1. The number of primary amides is 1. The first-order valence-corrected chi connectivity index (χ1v) is 9.51. The van der Waals surface area contributed by atoms with Crippen molar-refractivity contribution in [3.8, 4) is 11.3 Å². The average molecular weight is 411 g/mol. The quantitative estimate of drug-likeness (QED) is 0.547. The molecule has 0 saturated carbocycles. The minimum absolute atomic E-state index is 0.177. The highest BCUT2D eigenvalue weighted by Crippen LogP contribution is 2.26. The summed E-state index contributed by atoms with van der Waals surface area (Å²) in [5.41, 5.74) is 9.17. The summed E-state index contributed by atoms with van der Waals surface area (Å²) in [5.74, 6) is -0.553. The Hall–Kier alpha value is -3.30. The molecule has 30 heavy (non-hydrogen) atoms. The number of carbonyl (C=O) groups excluding carboxylic acids is 1. The lowest BCUT2D eigenvalue weighted by Gasteiger charge is -2.26. The number of anilines is 1. The summed E-state index contributed by atoms with van der Waals surface area (Å²) in [6.07, 6.45) is 3.46. The highest BCUT2D eigenvalue weighted by molar-refractivity contribution is 5.93. The predicted molar refractivity (Wildman–Crippen MR) is 108 cm³/mol. The summed E-state index contributed by atoms with van der Waals surface area (Å²) >= 11 is 0. The van der Waals surface area contributed by atoms with Gasteiger partial charge in [-0.3, -0.25) is 4.79 Å². The van der Waals surface area contributed by atoms with Crippen LogP contribution in [0.4, 0.5) is 10.3 Å². The van der Waals surface area contributed by atoms with Gasteiger partial charge in [0.15, 0.2) is 0 Å². The van der Waals surface area contributed by atoms with Gasteiger partial charge >= 0.3 is 0 Å². The van der Waals surface area contributed by atoms with E-state index >= 15 is 0 Å². The predicted octanol–water partition coefficient (Wildman–Crippen LogP) is 1.84. The molecule has 4 rings (SSSR count). The minimum Gasteiger partial charge on any atom is -0.392 e. The molecule has 1 aliphatic rings. The Labute approximate surface area is 172 Å². The number of rotatable bonds is 7. The molecule has 8 nitrogen and oxygen atoms in total. The lowest BCUT2D eigenvalue weighted by molar-refractivity contribution is 0.0208. The summed E-state index contributed by atoms with van der Waals surface area (Å²) in [4.78, 5) is 20.9. The standard InChI is InChI=1S/C21H22FN5O3/c1-12-6-24-21(25-17-10-30-11-17)26-19(12)15-5-18(20(23)29)27(8-15)7-14-4-16(22)3-2-13(14)9-28/h2-6,8,17,28H,7,9-11H2,1H3,(H2,23,29)(H,24,25,26). The van der Waals surface area contributed by atoms with Crippen LogP contribution in [0.1, 0.15) is 27.2 Å². The molecule has 1 aliphatic heterocycles. The number of nitrogens with one attached hydrogen (secondary N) is 1. The monoisotopic (exact) mass is 411 g/mol. The summed E-state index contributed by atoms with van der Waals surface area (Å²) in [6, 6.07) is 5.99. The summed E-state index contributed by atoms with van der Waals surface area (Å²) in [7, 11) is 0. The highest BCUT2D eigenvalue weighted by Gasteiger charge is 2.20. The molecule has 1 saturated heterocycles. The van der Waals surface area contributed by atoms with E-state index in [4.69, 9.17) is 10.5 Å². The van der Waals surface area contributed by atoms with Crippen LogP contribution in [-0.2, 0) is 17.9 Å². The van der Waals surface area contributed by atoms with Gasteiger partial charge in [-0.2, -0.15) is 0 Å². The largest absolute Gasteiger partial charge is 0.392 e. The second kappa shape index (κ2) is 8.21. The fraction of sp³-hybridized carbons (Fsp3) is 0.286. The SMILES string of the molecule is Cc1cnc(NC2COC2)nc1-c1cc(C(N)=O)n(Cc2cc(F)ccc2CO)c1. The van der Waals surface area contributed by atoms with E-state index in [0.29, 0.717) is 41.5 Å². The van der Waals surface area contributed by atoms with Gasteiger partial charge in [-0.15, -0.1) is 0 Å². The Balaban J connectivity index is 1.70.